The zero-order chi connectivity index (χ0) is 20.1. The summed E-state index contributed by atoms with van der Waals surface area (Å²) < 4.78 is 0. The standard InChI is InChI=1S/C26H56P.ClH/c1-5-9-13-15-17-19-21-25-27(23-11-7-3,24-12-8-4)26-22-20-18-16-14-10-6-2;/h5-26H2,1-4H3;1H/q+1;/p-1. The topological polar surface area (TPSA) is 0 Å². The van der Waals surface area contributed by atoms with Crippen LogP contribution in [-0.4, -0.2) is 24.6 Å². The summed E-state index contributed by atoms with van der Waals surface area (Å²) in [7, 11) is -0.652. The van der Waals surface area contributed by atoms with E-state index in [2.05, 4.69) is 27.7 Å². The summed E-state index contributed by atoms with van der Waals surface area (Å²) in [5.41, 5.74) is 0. The Kier molecular flexibility index (Phi) is 26.5. The second-order valence-corrected chi connectivity index (χ2v) is 13.7. The fourth-order valence-corrected chi connectivity index (χ4v) is 9.57. The van der Waals surface area contributed by atoms with Gasteiger partial charge in [0.1, 0.15) is 0 Å². The minimum absolute atomic E-state index is 0. The Morgan fingerprint density at radius 3 is 0.893 bits per heavy atom. The van der Waals surface area contributed by atoms with Gasteiger partial charge in [-0.1, -0.05) is 105 Å². The van der Waals surface area contributed by atoms with Gasteiger partial charge in [0.15, 0.2) is 0 Å². The lowest BCUT2D eigenvalue weighted by molar-refractivity contribution is -0.00000623. The van der Waals surface area contributed by atoms with Crippen LogP contribution in [0.4, 0.5) is 0 Å². The van der Waals surface area contributed by atoms with Gasteiger partial charge >= 0.3 is 0 Å². The van der Waals surface area contributed by atoms with Crippen molar-refractivity contribution in [3.05, 3.63) is 0 Å². The minimum Gasteiger partial charge on any atom is -1.00 e. The fraction of sp³-hybridized carbons (Fsp3) is 1.00. The molecule has 0 aromatic carbocycles. The third-order valence-corrected chi connectivity index (χ3v) is 11.5. The smallest absolute Gasteiger partial charge is 0.0594 e. The SMILES string of the molecule is CCCCCCCCC[P+](CCCC)(CCCC)CCCCCCCCC.[Cl-]. The molecule has 0 nitrogen and oxygen atoms in total. The predicted molar refractivity (Wildman–Crippen MR) is 132 cm³/mol. The van der Waals surface area contributed by atoms with Crippen molar-refractivity contribution in [3.8, 4) is 0 Å². The van der Waals surface area contributed by atoms with Crippen LogP contribution >= 0.6 is 7.26 Å². The lowest BCUT2D eigenvalue weighted by Crippen LogP contribution is -3.00. The summed E-state index contributed by atoms with van der Waals surface area (Å²) >= 11 is 0. The molecular formula is C26H56ClP. The van der Waals surface area contributed by atoms with Crippen LogP contribution in [0.25, 0.3) is 0 Å². The summed E-state index contributed by atoms with van der Waals surface area (Å²) in [5, 5.41) is 0. The van der Waals surface area contributed by atoms with Crippen molar-refractivity contribution in [1.29, 1.82) is 0 Å². The first-order chi connectivity index (χ1) is 13.2. The van der Waals surface area contributed by atoms with Gasteiger partial charge in [0, 0.05) is 7.26 Å². The zero-order valence-electron chi connectivity index (χ0n) is 20.4. The minimum atomic E-state index is -0.652. The number of halogens is 1. The second kappa shape index (κ2) is 24.0. The van der Waals surface area contributed by atoms with Crippen molar-refractivity contribution < 1.29 is 12.4 Å². The molecule has 0 spiro atoms. The van der Waals surface area contributed by atoms with E-state index in [-0.39, 0.29) is 12.4 Å². The van der Waals surface area contributed by atoms with E-state index in [4.69, 9.17) is 0 Å². The van der Waals surface area contributed by atoms with Crippen LogP contribution in [0.5, 0.6) is 0 Å². The number of hydrogen-bond acceptors (Lipinski definition) is 0. The van der Waals surface area contributed by atoms with E-state index in [1.54, 1.807) is 37.5 Å². The molecular weight excluding hydrogens is 379 g/mol. The molecule has 0 radical (unpaired) electrons. The lowest BCUT2D eigenvalue weighted by atomic mass is 10.1. The average molecular weight is 435 g/mol. The van der Waals surface area contributed by atoms with Gasteiger partial charge in [-0.05, 0) is 38.5 Å². The monoisotopic (exact) mass is 434 g/mol. The van der Waals surface area contributed by atoms with Gasteiger partial charge in [0.25, 0.3) is 0 Å². The molecule has 0 aliphatic rings. The van der Waals surface area contributed by atoms with E-state index in [1.165, 1.54) is 103 Å². The van der Waals surface area contributed by atoms with Crippen molar-refractivity contribution >= 4 is 7.26 Å². The molecule has 0 amide bonds. The van der Waals surface area contributed by atoms with Gasteiger partial charge in [-0.15, -0.1) is 0 Å². The first-order valence-corrected chi connectivity index (χ1v) is 15.6. The van der Waals surface area contributed by atoms with E-state index in [0.29, 0.717) is 0 Å². The summed E-state index contributed by atoms with van der Waals surface area (Å²) in [5.74, 6) is 0. The quantitative estimate of drug-likeness (QED) is 0.126. The van der Waals surface area contributed by atoms with Gasteiger partial charge in [0.05, 0.1) is 24.6 Å². The van der Waals surface area contributed by atoms with Crippen LogP contribution in [0.1, 0.15) is 143 Å². The molecule has 0 atom stereocenters. The van der Waals surface area contributed by atoms with Gasteiger partial charge in [-0.3, -0.25) is 0 Å². The molecule has 0 unspecified atom stereocenters. The van der Waals surface area contributed by atoms with Crippen molar-refractivity contribution in [2.24, 2.45) is 0 Å². The van der Waals surface area contributed by atoms with Crippen molar-refractivity contribution in [2.45, 2.75) is 143 Å². The first-order valence-electron chi connectivity index (χ1n) is 13.1. The first kappa shape index (κ1) is 30.9. The highest BCUT2D eigenvalue weighted by Gasteiger charge is 2.34. The van der Waals surface area contributed by atoms with E-state index in [0.717, 1.165) is 0 Å². The third kappa shape index (κ3) is 18.7. The zero-order valence-corrected chi connectivity index (χ0v) is 22.0. The van der Waals surface area contributed by atoms with Crippen LogP contribution < -0.4 is 12.4 Å². The van der Waals surface area contributed by atoms with Crippen LogP contribution in [0.15, 0.2) is 0 Å². The number of rotatable bonds is 22. The lowest BCUT2D eigenvalue weighted by Gasteiger charge is -2.28. The van der Waals surface area contributed by atoms with E-state index >= 15 is 0 Å². The van der Waals surface area contributed by atoms with E-state index in [9.17, 15) is 0 Å². The van der Waals surface area contributed by atoms with Crippen LogP contribution in [0.2, 0.25) is 0 Å². The molecule has 0 aromatic rings. The molecule has 0 aliphatic heterocycles. The predicted octanol–water partition coefficient (Wildman–Crippen LogP) is 7.11. The fourth-order valence-electron chi connectivity index (χ4n) is 4.47. The van der Waals surface area contributed by atoms with Crippen molar-refractivity contribution in [2.75, 3.05) is 24.6 Å². The van der Waals surface area contributed by atoms with Crippen LogP contribution in [0.3, 0.4) is 0 Å². The molecule has 2 heteroatoms. The molecule has 172 valence electrons. The molecule has 0 rings (SSSR count). The normalized spacial score (nSPS) is 11.6. The molecule has 0 fully saturated rings. The Labute approximate surface area is 187 Å². The van der Waals surface area contributed by atoms with Crippen molar-refractivity contribution in [1.82, 2.24) is 0 Å². The number of hydrogen-bond donors (Lipinski definition) is 0. The summed E-state index contributed by atoms with van der Waals surface area (Å²) in [6, 6.07) is 0. The van der Waals surface area contributed by atoms with E-state index < -0.39 is 7.26 Å². The maximum Gasteiger partial charge on any atom is 0.0594 e. The van der Waals surface area contributed by atoms with Gasteiger partial charge < -0.3 is 12.4 Å². The molecule has 0 heterocycles. The van der Waals surface area contributed by atoms with Gasteiger partial charge in [-0.2, -0.15) is 0 Å². The highest BCUT2D eigenvalue weighted by atomic mass is 35.5. The highest BCUT2D eigenvalue weighted by molar-refractivity contribution is 7.75. The van der Waals surface area contributed by atoms with Crippen LogP contribution in [0, 0.1) is 0 Å². The van der Waals surface area contributed by atoms with E-state index in [1.807, 2.05) is 0 Å². The summed E-state index contributed by atoms with van der Waals surface area (Å²) in [4.78, 5) is 0. The second-order valence-electron chi connectivity index (χ2n) is 9.19. The highest BCUT2D eigenvalue weighted by Crippen LogP contribution is 2.61. The Morgan fingerprint density at radius 1 is 0.321 bits per heavy atom. The molecule has 0 bridgehead atoms. The molecule has 0 saturated carbocycles. The largest absolute Gasteiger partial charge is 1.00 e. The van der Waals surface area contributed by atoms with Gasteiger partial charge in [-0.25, -0.2) is 0 Å². The Hall–Kier alpha value is 0.720. The third-order valence-electron chi connectivity index (χ3n) is 6.44. The molecule has 0 saturated heterocycles. The maximum atomic E-state index is 2.40. The number of unbranched alkanes of at least 4 members (excludes halogenated alkanes) is 14. The Morgan fingerprint density at radius 2 is 0.571 bits per heavy atom. The molecule has 0 aromatic heterocycles. The Balaban J connectivity index is 0. The summed E-state index contributed by atoms with van der Waals surface area (Å²) in [6.45, 7) is 9.44. The summed E-state index contributed by atoms with van der Waals surface area (Å²) in [6.07, 6.45) is 33.0. The molecule has 28 heavy (non-hydrogen) atoms. The van der Waals surface area contributed by atoms with Gasteiger partial charge in [0.2, 0.25) is 0 Å². The van der Waals surface area contributed by atoms with Crippen LogP contribution in [-0.2, 0) is 0 Å². The molecule has 0 N–H and O–H groups in total. The Bertz CT molecular complexity index is 252. The average Bonchev–Trinajstić information content (AvgIpc) is 2.69. The van der Waals surface area contributed by atoms with Crippen molar-refractivity contribution in [3.63, 3.8) is 0 Å². The molecule has 0 aliphatic carbocycles. The maximum absolute atomic E-state index is 2.40.